The monoisotopic (exact) mass is 389 g/mol. The first kappa shape index (κ1) is 18.6. The molecule has 1 fully saturated rings. The summed E-state index contributed by atoms with van der Waals surface area (Å²) in [5.41, 5.74) is 4.61. The van der Waals surface area contributed by atoms with Crippen LogP contribution in [0.5, 0.6) is 0 Å². The Morgan fingerprint density at radius 2 is 1.64 bits per heavy atom. The molecule has 0 atom stereocenters. The molecule has 2 heterocycles. The zero-order valence-electron chi connectivity index (χ0n) is 15.7. The summed E-state index contributed by atoms with van der Waals surface area (Å²) < 4.78 is 0. The van der Waals surface area contributed by atoms with E-state index in [4.69, 9.17) is 0 Å². The van der Waals surface area contributed by atoms with Gasteiger partial charge in [-0.15, -0.1) is 11.3 Å². The van der Waals surface area contributed by atoms with Crippen molar-refractivity contribution in [2.24, 2.45) is 0 Å². The fourth-order valence-electron chi connectivity index (χ4n) is 3.38. The van der Waals surface area contributed by atoms with E-state index in [0.29, 0.717) is 5.69 Å². The van der Waals surface area contributed by atoms with E-state index in [0.717, 1.165) is 43.2 Å². The van der Waals surface area contributed by atoms with Gasteiger partial charge in [0.2, 0.25) is 0 Å². The highest BCUT2D eigenvalue weighted by Crippen LogP contribution is 2.28. The summed E-state index contributed by atoms with van der Waals surface area (Å²) in [7, 11) is 0. The molecular weight excluding hydrogens is 366 g/mol. The molecule has 4 rings (SSSR count). The minimum atomic E-state index is 0.0413. The van der Waals surface area contributed by atoms with Crippen LogP contribution in [0.4, 0.5) is 0 Å². The van der Waals surface area contributed by atoms with Gasteiger partial charge in [0.25, 0.3) is 5.91 Å². The second kappa shape index (κ2) is 8.95. The van der Waals surface area contributed by atoms with E-state index in [-0.39, 0.29) is 5.91 Å². The Labute approximate surface area is 169 Å². The number of carbonyl (C=O) groups excluding carboxylic acids is 1. The standard InChI is InChI=1S/C23H23N3OS/c27-23(21-22(28-18-24-21)20-11-5-2-6-12-20)26-16-14-25(15-17-26)13-7-10-19-8-3-1-4-9-19/h1-12,18H,13-17H2/b10-7+. The molecule has 0 aliphatic carbocycles. The van der Waals surface area contributed by atoms with E-state index in [9.17, 15) is 4.79 Å². The number of carbonyl (C=O) groups is 1. The number of rotatable bonds is 5. The summed E-state index contributed by atoms with van der Waals surface area (Å²) >= 11 is 1.53. The molecule has 4 nitrogen and oxygen atoms in total. The largest absolute Gasteiger partial charge is 0.335 e. The highest BCUT2D eigenvalue weighted by molar-refractivity contribution is 7.13. The second-order valence-electron chi connectivity index (χ2n) is 6.80. The van der Waals surface area contributed by atoms with Crippen LogP contribution in [0.15, 0.2) is 72.3 Å². The Bertz CT molecular complexity index is 929. The minimum Gasteiger partial charge on any atom is -0.335 e. The number of amides is 1. The molecule has 1 saturated heterocycles. The Morgan fingerprint density at radius 1 is 0.964 bits per heavy atom. The molecule has 1 aliphatic rings. The lowest BCUT2D eigenvalue weighted by atomic mass is 10.1. The van der Waals surface area contributed by atoms with Crippen molar-refractivity contribution in [2.45, 2.75) is 0 Å². The summed E-state index contributed by atoms with van der Waals surface area (Å²) in [4.78, 5) is 22.6. The highest BCUT2D eigenvalue weighted by atomic mass is 32.1. The van der Waals surface area contributed by atoms with Crippen molar-refractivity contribution in [1.29, 1.82) is 0 Å². The first-order chi connectivity index (χ1) is 13.8. The van der Waals surface area contributed by atoms with Gasteiger partial charge in [-0.25, -0.2) is 4.98 Å². The molecular formula is C23H23N3OS. The van der Waals surface area contributed by atoms with Crippen molar-refractivity contribution in [3.05, 3.63) is 83.5 Å². The number of aromatic nitrogens is 1. The number of nitrogens with zero attached hydrogens (tertiary/aromatic N) is 3. The van der Waals surface area contributed by atoms with E-state index in [1.165, 1.54) is 16.9 Å². The molecule has 0 N–H and O–H groups in total. The van der Waals surface area contributed by atoms with Crippen LogP contribution in [-0.4, -0.2) is 53.4 Å². The van der Waals surface area contributed by atoms with Gasteiger partial charge in [-0.3, -0.25) is 9.69 Å². The average molecular weight is 390 g/mol. The summed E-state index contributed by atoms with van der Waals surface area (Å²) in [6, 6.07) is 20.4. The highest BCUT2D eigenvalue weighted by Gasteiger charge is 2.25. The molecule has 142 valence electrons. The van der Waals surface area contributed by atoms with Crippen molar-refractivity contribution in [3.8, 4) is 10.4 Å². The summed E-state index contributed by atoms with van der Waals surface area (Å²) in [5, 5.41) is 0. The maximum absolute atomic E-state index is 13.0. The summed E-state index contributed by atoms with van der Waals surface area (Å²) in [6.07, 6.45) is 4.35. The molecule has 5 heteroatoms. The number of benzene rings is 2. The number of piperazine rings is 1. The Kier molecular flexibility index (Phi) is 5.95. The van der Waals surface area contributed by atoms with Gasteiger partial charge < -0.3 is 4.90 Å². The van der Waals surface area contributed by atoms with E-state index in [1.54, 1.807) is 5.51 Å². The number of hydrogen-bond donors (Lipinski definition) is 0. The maximum Gasteiger partial charge on any atom is 0.274 e. The average Bonchev–Trinajstić information content (AvgIpc) is 3.25. The summed E-state index contributed by atoms with van der Waals surface area (Å²) in [5.74, 6) is 0.0413. The maximum atomic E-state index is 13.0. The quantitative estimate of drug-likeness (QED) is 0.653. The lowest BCUT2D eigenvalue weighted by Gasteiger charge is -2.34. The zero-order valence-corrected chi connectivity index (χ0v) is 16.5. The molecule has 28 heavy (non-hydrogen) atoms. The molecule has 1 aromatic heterocycles. The van der Waals surface area contributed by atoms with Crippen LogP contribution in [0.2, 0.25) is 0 Å². The normalized spacial score (nSPS) is 15.2. The fourth-order valence-corrected chi connectivity index (χ4v) is 4.17. The van der Waals surface area contributed by atoms with Crippen molar-refractivity contribution in [1.82, 2.24) is 14.8 Å². The third-order valence-electron chi connectivity index (χ3n) is 4.94. The van der Waals surface area contributed by atoms with Crippen LogP contribution in [0.1, 0.15) is 16.1 Å². The first-order valence-electron chi connectivity index (χ1n) is 9.53. The number of thiazole rings is 1. The van der Waals surface area contributed by atoms with Crippen molar-refractivity contribution in [2.75, 3.05) is 32.7 Å². The van der Waals surface area contributed by atoms with Crippen LogP contribution in [0.25, 0.3) is 16.5 Å². The molecule has 3 aromatic rings. The van der Waals surface area contributed by atoms with Crippen LogP contribution < -0.4 is 0 Å². The third-order valence-corrected chi connectivity index (χ3v) is 5.81. The molecule has 0 bridgehead atoms. The Morgan fingerprint density at radius 3 is 2.36 bits per heavy atom. The fraction of sp³-hybridized carbons (Fsp3) is 0.217. The van der Waals surface area contributed by atoms with Crippen LogP contribution in [0.3, 0.4) is 0 Å². The van der Waals surface area contributed by atoms with E-state index >= 15 is 0 Å². The van der Waals surface area contributed by atoms with Crippen LogP contribution in [0, 0.1) is 0 Å². The van der Waals surface area contributed by atoms with Crippen molar-refractivity contribution in [3.63, 3.8) is 0 Å². The van der Waals surface area contributed by atoms with E-state index in [1.807, 2.05) is 53.4 Å². The van der Waals surface area contributed by atoms with Gasteiger partial charge in [0.15, 0.2) is 0 Å². The molecule has 0 saturated carbocycles. The lowest BCUT2D eigenvalue weighted by molar-refractivity contribution is 0.0646. The Balaban J connectivity index is 1.34. The van der Waals surface area contributed by atoms with Gasteiger partial charge in [-0.05, 0) is 11.1 Å². The molecule has 0 radical (unpaired) electrons. The topological polar surface area (TPSA) is 36.4 Å². The summed E-state index contributed by atoms with van der Waals surface area (Å²) in [6.45, 7) is 4.15. The van der Waals surface area contributed by atoms with Gasteiger partial charge in [0.05, 0.1) is 10.4 Å². The minimum absolute atomic E-state index is 0.0413. The van der Waals surface area contributed by atoms with E-state index < -0.39 is 0 Å². The van der Waals surface area contributed by atoms with Crippen LogP contribution in [-0.2, 0) is 0 Å². The van der Waals surface area contributed by atoms with Gasteiger partial charge in [-0.1, -0.05) is 72.8 Å². The predicted molar refractivity (Wildman–Crippen MR) is 115 cm³/mol. The molecule has 1 aliphatic heterocycles. The predicted octanol–water partition coefficient (Wildman–Crippen LogP) is 4.28. The molecule has 1 amide bonds. The second-order valence-corrected chi connectivity index (χ2v) is 7.66. The number of hydrogen-bond acceptors (Lipinski definition) is 4. The first-order valence-corrected chi connectivity index (χ1v) is 10.4. The SMILES string of the molecule is O=C(c1ncsc1-c1ccccc1)N1CCN(C/C=C/c2ccccc2)CC1. The molecule has 2 aromatic carbocycles. The van der Waals surface area contributed by atoms with Gasteiger partial charge in [0.1, 0.15) is 5.69 Å². The molecule has 0 unspecified atom stereocenters. The third kappa shape index (κ3) is 4.38. The van der Waals surface area contributed by atoms with Gasteiger partial charge in [0, 0.05) is 32.7 Å². The lowest BCUT2D eigenvalue weighted by Crippen LogP contribution is -2.48. The molecule has 0 spiro atoms. The van der Waals surface area contributed by atoms with Gasteiger partial charge in [-0.2, -0.15) is 0 Å². The van der Waals surface area contributed by atoms with Crippen molar-refractivity contribution < 1.29 is 4.79 Å². The smallest absolute Gasteiger partial charge is 0.274 e. The van der Waals surface area contributed by atoms with Crippen LogP contribution >= 0.6 is 11.3 Å². The van der Waals surface area contributed by atoms with E-state index in [2.05, 4.69) is 34.2 Å². The van der Waals surface area contributed by atoms with Gasteiger partial charge >= 0.3 is 0 Å². The Hall–Kier alpha value is -2.76. The van der Waals surface area contributed by atoms with Crippen molar-refractivity contribution >= 4 is 23.3 Å². The zero-order chi connectivity index (χ0) is 19.2.